The molecule has 7 nitrogen and oxygen atoms in total. The molecule has 0 aliphatic carbocycles. The average molecular weight is 311 g/mol. The number of nitrogens with zero attached hydrogens (tertiary/aromatic N) is 2. The van der Waals surface area contributed by atoms with E-state index in [0.717, 1.165) is 30.7 Å². The molecule has 4 amide bonds. The quantitative estimate of drug-likeness (QED) is 0.359. The second kappa shape index (κ2) is 8.63. The fourth-order valence-electron chi connectivity index (χ4n) is 2.29. The van der Waals surface area contributed by atoms with Crippen LogP contribution in [0.3, 0.4) is 0 Å². The van der Waals surface area contributed by atoms with E-state index < -0.39 is 23.8 Å². The lowest BCUT2D eigenvalue weighted by molar-refractivity contribution is -0.858. The molecule has 0 aromatic carbocycles. The lowest BCUT2D eigenvalue weighted by Gasteiger charge is -2.30. The minimum Gasteiger partial charge on any atom is -0.340 e. The molecule has 1 aliphatic heterocycles. The Kier molecular flexibility index (Phi) is 7.17. The summed E-state index contributed by atoms with van der Waals surface area (Å²) in [6.07, 6.45) is 2.48. The number of unbranched alkanes of at least 4 members (excludes halogenated alkanes) is 1. The summed E-state index contributed by atoms with van der Waals surface area (Å²) in [7, 11) is 4.12. The van der Waals surface area contributed by atoms with Gasteiger partial charge in [-0.25, -0.2) is 4.79 Å². The highest BCUT2D eigenvalue weighted by Gasteiger charge is 2.41. The molecule has 7 heteroatoms. The molecule has 0 unspecified atom stereocenters. The van der Waals surface area contributed by atoms with Gasteiger partial charge in [-0.05, 0) is 13.3 Å². The van der Waals surface area contributed by atoms with E-state index in [2.05, 4.69) is 24.4 Å². The van der Waals surface area contributed by atoms with Gasteiger partial charge in [0.05, 0.1) is 20.6 Å². The molecular weight excluding hydrogens is 284 g/mol. The van der Waals surface area contributed by atoms with E-state index in [-0.39, 0.29) is 0 Å². The van der Waals surface area contributed by atoms with Crippen LogP contribution >= 0.6 is 0 Å². The number of aliphatic imine (C=N–C) groups is 1. The van der Waals surface area contributed by atoms with Crippen molar-refractivity contribution in [1.82, 2.24) is 10.2 Å². The summed E-state index contributed by atoms with van der Waals surface area (Å²) in [4.78, 5) is 42.9. The van der Waals surface area contributed by atoms with E-state index in [1.165, 1.54) is 4.90 Å². The largest absolute Gasteiger partial charge is 0.340 e. The van der Waals surface area contributed by atoms with Gasteiger partial charge in [0.15, 0.2) is 5.92 Å². The molecule has 0 aromatic rings. The minimum atomic E-state index is -0.971. The summed E-state index contributed by atoms with van der Waals surface area (Å²) in [6, 6.07) is -0.622. The second-order valence-electron chi connectivity index (χ2n) is 5.90. The molecule has 0 radical (unpaired) electrons. The van der Waals surface area contributed by atoms with Gasteiger partial charge in [-0.2, -0.15) is 0 Å². The van der Waals surface area contributed by atoms with Crippen molar-refractivity contribution in [2.24, 2.45) is 10.9 Å². The van der Waals surface area contributed by atoms with Crippen LogP contribution < -0.4 is 10.2 Å². The zero-order chi connectivity index (χ0) is 16.7. The SMILES string of the molecule is CCCCN1C(=O)NC(=O)[C@@H](C(C)=NCCC[NH+](C)C)C1=O. The number of urea groups is 1. The van der Waals surface area contributed by atoms with Crippen molar-refractivity contribution in [2.75, 3.05) is 33.7 Å². The molecule has 1 saturated heterocycles. The number of hydrogen-bond acceptors (Lipinski definition) is 4. The molecule has 1 rings (SSSR count). The van der Waals surface area contributed by atoms with Crippen LogP contribution in [-0.4, -0.2) is 62.2 Å². The zero-order valence-electron chi connectivity index (χ0n) is 13.9. The molecule has 124 valence electrons. The van der Waals surface area contributed by atoms with Gasteiger partial charge in [0.2, 0.25) is 11.8 Å². The number of rotatable bonds is 8. The van der Waals surface area contributed by atoms with E-state index in [4.69, 9.17) is 0 Å². The standard InChI is InChI=1S/C15H26N4O3/c1-5-6-10-19-14(21)12(13(20)17-15(19)22)11(2)16-8-7-9-18(3)4/h12H,5-10H2,1-4H3,(H,17,20,22)/p+1/t12-/m1/s1. The van der Waals surface area contributed by atoms with Crippen LogP contribution in [-0.2, 0) is 9.59 Å². The van der Waals surface area contributed by atoms with E-state index in [0.29, 0.717) is 18.8 Å². The first-order chi connectivity index (χ1) is 10.4. The summed E-state index contributed by atoms with van der Waals surface area (Å²) in [6.45, 7) is 5.55. The van der Waals surface area contributed by atoms with Gasteiger partial charge in [-0.3, -0.25) is 24.8 Å². The Morgan fingerprint density at radius 3 is 2.55 bits per heavy atom. The monoisotopic (exact) mass is 311 g/mol. The topological polar surface area (TPSA) is 83.3 Å². The summed E-state index contributed by atoms with van der Waals surface area (Å²) in [5.41, 5.74) is 0.477. The van der Waals surface area contributed by atoms with E-state index >= 15 is 0 Å². The summed E-state index contributed by atoms with van der Waals surface area (Å²) < 4.78 is 0. The average Bonchev–Trinajstić information content (AvgIpc) is 2.43. The number of barbiturate groups is 1. The number of amides is 4. The van der Waals surface area contributed by atoms with Crippen LogP contribution in [0, 0.1) is 5.92 Å². The number of carbonyl (C=O) groups is 3. The highest BCUT2D eigenvalue weighted by atomic mass is 16.2. The third kappa shape index (κ3) is 4.91. The second-order valence-corrected chi connectivity index (χ2v) is 5.90. The Morgan fingerprint density at radius 2 is 1.95 bits per heavy atom. The predicted octanol–water partition coefficient (Wildman–Crippen LogP) is -0.523. The fraction of sp³-hybridized carbons (Fsp3) is 0.733. The van der Waals surface area contributed by atoms with Crippen molar-refractivity contribution >= 4 is 23.6 Å². The Hall–Kier alpha value is -1.76. The van der Waals surface area contributed by atoms with Gasteiger partial charge >= 0.3 is 6.03 Å². The van der Waals surface area contributed by atoms with Crippen LogP contribution in [0.5, 0.6) is 0 Å². The van der Waals surface area contributed by atoms with Crippen molar-refractivity contribution in [3.05, 3.63) is 0 Å². The molecule has 0 bridgehead atoms. The summed E-state index contributed by atoms with van der Waals surface area (Å²) in [5, 5.41) is 2.25. The number of quaternary nitrogens is 1. The number of hydrogen-bond donors (Lipinski definition) is 2. The predicted molar refractivity (Wildman–Crippen MR) is 83.9 cm³/mol. The molecular formula is C15H27N4O3+. The van der Waals surface area contributed by atoms with Gasteiger partial charge in [-0.15, -0.1) is 0 Å². The smallest absolute Gasteiger partial charge is 0.330 e. The minimum absolute atomic E-state index is 0.336. The molecule has 1 atom stereocenters. The highest BCUT2D eigenvalue weighted by molar-refractivity contribution is 6.27. The van der Waals surface area contributed by atoms with Crippen molar-refractivity contribution in [1.29, 1.82) is 0 Å². The first-order valence-corrected chi connectivity index (χ1v) is 7.84. The van der Waals surface area contributed by atoms with Crippen LogP contribution in [0.1, 0.15) is 33.1 Å². The molecule has 1 heterocycles. The molecule has 0 saturated carbocycles. The zero-order valence-corrected chi connectivity index (χ0v) is 13.9. The molecule has 0 spiro atoms. The number of nitrogens with one attached hydrogen (secondary N) is 2. The Balaban J connectivity index is 2.73. The maximum Gasteiger partial charge on any atom is 0.330 e. The maximum atomic E-state index is 12.4. The third-order valence-corrected chi connectivity index (χ3v) is 3.60. The lowest BCUT2D eigenvalue weighted by atomic mass is 9.99. The molecule has 2 N–H and O–H groups in total. The van der Waals surface area contributed by atoms with Crippen LogP contribution in [0.2, 0.25) is 0 Å². The maximum absolute atomic E-state index is 12.4. The van der Waals surface area contributed by atoms with Gasteiger partial charge in [-0.1, -0.05) is 13.3 Å². The third-order valence-electron chi connectivity index (χ3n) is 3.60. The van der Waals surface area contributed by atoms with Gasteiger partial charge in [0, 0.05) is 25.2 Å². The van der Waals surface area contributed by atoms with Crippen molar-refractivity contribution < 1.29 is 19.3 Å². The molecule has 1 aliphatic rings. The van der Waals surface area contributed by atoms with E-state index in [1.807, 2.05) is 6.92 Å². The Bertz CT molecular complexity index is 460. The van der Waals surface area contributed by atoms with Crippen LogP contribution in [0.4, 0.5) is 4.79 Å². The van der Waals surface area contributed by atoms with Crippen molar-refractivity contribution in [3.8, 4) is 0 Å². The number of carbonyl (C=O) groups excluding carboxylic acids is 3. The molecule has 1 fully saturated rings. The van der Waals surface area contributed by atoms with Crippen LogP contribution in [0.25, 0.3) is 0 Å². The van der Waals surface area contributed by atoms with Crippen molar-refractivity contribution in [2.45, 2.75) is 33.1 Å². The van der Waals surface area contributed by atoms with Gasteiger partial charge in [0.25, 0.3) is 0 Å². The number of imide groups is 2. The van der Waals surface area contributed by atoms with Gasteiger partial charge < -0.3 is 4.90 Å². The van der Waals surface area contributed by atoms with E-state index in [1.54, 1.807) is 6.92 Å². The van der Waals surface area contributed by atoms with Crippen molar-refractivity contribution in [3.63, 3.8) is 0 Å². The first-order valence-electron chi connectivity index (χ1n) is 7.84. The van der Waals surface area contributed by atoms with Crippen LogP contribution in [0.15, 0.2) is 4.99 Å². The Labute approximate surface area is 131 Å². The molecule has 22 heavy (non-hydrogen) atoms. The first kappa shape index (κ1) is 18.3. The highest BCUT2D eigenvalue weighted by Crippen LogP contribution is 2.13. The van der Waals surface area contributed by atoms with E-state index in [9.17, 15) is 14.4 Å². The molecule has 0 aromatic heterocycles. The normalized spacial score (nSPS) is 19.9. The fourth-order valence-corrected chi connectivity index (χ4v) is 2.29. The summed E-state index contributed by atoms with van der Waals surface area (Å²) in [5.74, 6) is -2.00. The Morgan fingerprint density at radius 1 is 1.27 bits per heavy atom. The summed E-state index contributed by atoms with van der Waals surface area (Å²) >= 11 is 0. The van der Waals surface area contributed by atoms with Gasteiger partial charge in [0.1, 0.15) is 0 Å². The lowest BCUT2D eigenvalue weighted by Crippen LogP contribution is -3.05.